The molecule has 1 N–H and O–H groups in total. The molecule has 2 rings (SSSR count). The molecular weight excluding hydrogens is 392 g/mol. The fourth-order valence-corrected chi connectivity index (χ4v) is 4.82. The Morgan fingerprint density at radius 3 is 2.39 bits per heavy atom. The molecule has 2 aromatic carbocycles. The molecule has 0 fully saturated rings. The lowest BCUT2D eigenvalue weighted by Crippen LogP contribution is -2.48. The first kappa shape index (κ1) is 22.3. The lowest BCUT2D eigenvalue weighted by atomic mass is 10.1. The number of carbonyl (C=O) groups excluding carboxylic acids is 1. The third-order valence-corrected chi connectivity index (χ3v) is 6.76. The summed E-state index contributed by atoms with van der Waals surface area (Å²) in [4.78, 5) is 12.6. The van der Waals surface area contributed by atoms with E-state index >= 15 is 0 Å². The summed E-state index contributed by atoms with van der Waals surface area (Å²) in [7, 11) is -3.60. The third kappa shape index (κ3) is 6.27. The van der Waals surface area contributed by atoms with E-state index in [0.29, 0.717) is 12.2 Å². The molecule has 5 nitrogen and oxygen atoms in total. The minimum absolute atomic E-state index is 0.302. The quantitative estimate of drug-likeness (QED) is 0.631. The number of anilines is 1. The van der Waals surface area contributed by atoms with Crippen LogP contribution in [0.2, 0.25) is 0 Å². The van der Waals surface area contributed by atoms with E-state index in [-0.39, 0.29) is 5.91 Å². The summed E-state index contributed by atoms with van der Waals surface area (Å²) in [5.41, 5.74) is 3.80. The van der Waals surface area contributed by atoms with Gasteiger partial charge in [0.2, 0.25) is 15.9 Å². The maximum absolute atomic E-state index is 12.6. The van der Waals surface area contributed by atoms with Crippen LogP contribution in [0.15, 0.2) is 48.5 Å². The molecule has 152 valence electrons. The van der Waals surface area contributed by atoms with E-state index in [1.807, 2.05) is 38.1 Å². The van der Waals surface area contributed by atoms with Gasteiger partial charge in [-0.1, -0.05) is 36.4 Å². The highest BCUT2D eigenvalue weighted by molar-refractivity contribution is 7.98. The zero-order valence-corrected chi connectivity index (χ0v) is 18.4. The third-order valence-electron chi connectivity index (χ3n) is 4.49. The van der Waals surface area contributed by atoms with Crippen molar-refractivity contribution in [3.05, 3.63) is 65.2 Å². The van der Waals surface area contributed by atoms with Crippen molar-refractivity contribution in [2.75, 3.05) is 22.9 Å². The van der Waals surface area contributed by atoms with Gasteiger partial charge in [0.25, 0.3) is 0 Å². The summed E-state index contributed by atoms with van der Waals surface area (Å²) in [5.74, 6) is 1.34. The van der Waals surface area contributed by atoms with Crippen LogP contribution >= 0.6 is 11.8 Å². The van der Waals surface area contributed by atoms with Crippen molar-refractivity contribution in [3.8, 4) is 0 Å². The van der Waals surface area contributed by atoms with Crippen LogP contribution in [-0.4, -0.2) is 38.9 Å². The number of hydrogen-bond acceptors (Lipinski definition) is 4. The van der Waals surface area contributed by atoms with Gasteiger partial charge < -0.3 is 5.32 Å². The van der Waals surface area contributed by atoms with Gasteiger partial charge in [0.1, 0.15) is 6.04 Å². The number of nitrogens with zero attached hydrogens (tertiary/aromatic N) is 1. The summed E-state index contributed by atoms with van der Waals surface area (Å²) < 4.78 is 25.9. The fourth-order valence-electron chi connectivity index (χ4n) is 2.83. The Hall–Kier alpha value is -1.99. The van der Waals surface area contributed by atoms with Gasteiger partial charge in [-0.25, -0.2) is 8.42 Å². The molecule has 0 aliphatic rings. The second kappa shape index (κ2) is 9.98. The molecule has 0 aliphatic carbocycles. The summed E-state index contributed by atoms with van der Waals surface area (Å²) in [6.07, 6.45) is 1.13. The normalized spacial score (nSPS) is 12.4. The molecular formula is C21H28N2O3S2. The van der Waals surface area contributed by atoms with Gasteiger partial charge in [0.05, 0.1) is 11.9 Å². The van der Waals surface area contributed by atoms with Crippen molar-refractivity contribution in [3.63, 3.8) is 0 Å². The maximum Gasteiger partial charge on any atom is 0.243 e. The highest BCUT2D eigenvalue weighted by atomic mass is 32.2. The molecule has 1 amide bonds. The number of thioether (sulfide) groups is 1. The second-order valence-corrected chi connectivity index (χ2v) is 9.80. The van der Waals surface area contributed by atoms with Crippen molar-refractivity contribution < 1.29 is 13.2 Å². The number of carbonyl (C=O) groups is 1. The molecule has 0 unspecified atom stereocenters. The first-order chi connectivity index (χ1) is 13.2. The summed E-state index contributed by atoms with van der Waals surface area (Å²) in [6.45, 7) is 6.00. The summed E-state index contributed by atoms with van der Waals surface area (Å²) in [6, 6.07) is 14.7. The zero-order valence-electron chi connectivity index (χ0n) is 16.8. The average Bonchev–Trinajstić information content (AvgIpc) is 2.64. The smallest absolute Gasteiger partial charge is 0.243 e. The molecule has 28 heavy (non-hydrogen) atoms. The highest BCUT2D eigenvalue weighted by Gasteiger charge is 2.29. The topological polar surface area (TPSA) is 66.5 Å². The molecule has 0 aromatic heterocycles. The van der Waals surface area contributed by atoms with Crippen LogP contribution in [0.25, 0.3) is 0 Å². The number of aryl methyl sites for hydroxylation is 2. The van der Waals surface area contributed by atoms with Gasteiger partial charge in [-0.2, -0.15) is 11.8 Å². The number of amides is 1. The van der Waals surface area contributed by atoms with Crippen molar-refractivity contribution >= 4 is 33.4 Å². The van der Waals surface area contributed by atoms with Gasteiger partial charge in [-0.15, -0.1) is 0 Å². The largest absolute Gasteiger partial charge is 0.353 e. The number of sulfonamides is 1. The van der Waals surface area contributed by atoms with Crippen molar-refractivity contribution in [1.82, 2.24) is 5.32 Å². The number of nitrogens with one attached hydrogen (secondary N) is 1. The minimum Gasteiger partial charge on any atom is -0.353 e. The van der Waals surface area contributed by atoms with Crippen molar-refractivity contribution in [2.45, 2.75) is 32.6 Å². The average molecular weight is 421 g/mol. The molecule has 0 spiro atoms. The van der Waals surface area contributed by atoms with Crippen LogP contribution in [0, 0.1) is 13.8 Å². The van der Waals surface area contributed by atoms with Gasteiger partial charge in [0, 0.05) is 18.1 Å². The van der Waals surface area contributed by atoms with Crippen LogP contribution in [0.3, 0.4) is 0 Å². The Morgan fingerprint density at radius 2 is 1.79 bits per heavy atom. The summed E-state index contributed by atoms with van der Waals surface area (Å²) >= 11 is 1.73. The van der Waals surface area contributed by atoms with Crippen LogP contribution in [-0.2, 0) is 20.6 Å². The molecule has 0 saturated heterocycles. The van der Waals surface area contributed by atoms with E-state index in [9.17, 15) is 13.2 Å². The lowest BCUT2D eigenvalue weighted by molar-refractivity contribution is -0.121. The maximum atomic E-state index is 12.6. The van der Waals surface area contributed by atoms with Crippen LogP contribution in [0.5, 0.6) is 0 Å². The van der Waals surface area contributed by atoms with Crippen LogP contribution in [0.4, 0.5) is 5.69 Å². The minimum atomic E-state index is -3.60. The first-order valence-electron chi connectivity index (χ1n) is 9.16. The molecule has 0 heterocycles. The van der Waals surface area contributed by atoms with E-state index < -0.39 is 16.1 Å². The standard InChI is InChI=1S/C21H28N2O3S2/c1-16-10-11-20(14-17(16)2)23(28(4,25)26)18(3)21(24)22-12-13-27-15-19-8-6-5-7-9-19/h5-11,14,18H,12-13,15H2,1-4H3,(H,22,24)/t18-/m0/s1. The molecule has 2 aromatic rings. The molecule has 0 saturated carbocycles. The molecule has 7 heteroatoms. The van der Waals surface area contributed by atoms with Gasteiger partial charge in [-0.3, -0.25) is 9.10 Å². The van der Waals surface area contributed by atoms with Crippen LogP contribution in [0.1, 0.15) is 23.6 Å². The molecule has 1 atom stereocenters. The van der Waals surface area contributed by atoms with Gasteiger partial charge >= 0.3 is 0 Å². The molecule has 0 bridgehead atoms. The predicted molar refractivity (Wildman–Crippen MR) is 118 cm³/mol. The Bertz CT molecular complexity index is 899. The zero-order chi connectivity index (χ0) is 20.7. The van der Waals surface area contributed by atoms with E-state index in [1.54, 1.807) is 30.8 Å². The Balaban J connectivity index is 1.95. The first-order valence-corrected chi connectivity index (χ1v) is 12.2. The second-order valence-electron chi connectivity index (χ2n) is 6.83. The van der Waals surface area contributed by atoms with Crippen molar-refractivity contribution in [1.29, 1.82) is 0 Å². The van der Waals surface area contributed by atoms with Gasteiger partial charge in [-0.05, 0) is 49.6 Å². The predicted octanol–water partition coefficient (Wildman–Crippen LogP) is 3.51. The highest BCUT2D eigenvalue weighted by Crippen LogP contribution is 2.23. The van der Waals surface area contributed by atoms with Crippen molar-refractivity contribution in [2.24, 2.45) is 0 Å². The van der Waals surface area contributed by atoms with E-state index in [4.69, 9.17) is 0 Å². The Kier molecular flexibility index (Phi) is 7.95. The number of hydrogen-bond donors (Lipinski definition) is 1. The molecule has 0 aliphatic heterocycles. The van der Waals surface area contributed by atoms with Crippen LogP contribution < -0.4 is 9.62 Å². The fraction of sp³-hybridized carbons (Fsp3) is 0.381. The van der Waals surface area contributed by atoms with E-state index in [0.717, 1.165) is 28.9 Å². The lowest BCUT2D eigenvalue weighted by Gasteiger charge is -2.28. The monoisotopic (exact) mass is 420 g/mol. The number of rotatable bonds is 9. The Morgan fingerprint density at radius 1 is 1.11 bits per heavy atom. The number of benzene rings is 2. The molecule has 0 radical (unpaired) electrons. The van der Waals surface area contributed by atoms with Gasteiger partial charge in [0.15, 0.2) is 0 Å². The van der Waals surface area contributed by atoms with E-state index in [2.05, 4.69) is 17.4 Å². The van der Waals surface area contributed by atoms with E-state index in [1.165, 1.54) is 9.87 Å². The summed E-state index contributed by atoms with van der Waals surface area (Å²) in [5, 5.41) is 2.85. The Labute approximate surface area is 172 Å². The SMILES string of the molecule is Cc1ccc(N([C@@H](C)C(=O)NCCSCc2ccccc2)S(C)(=O)=O)cc1C.